The standard InChI is InChI=1S/C15H17NOS/c1-11-8-14(6-7-15(11)16)18-10-12-4-3-5-13(9-12)17-2/h3-9H,10,16H2,1-2H3. The number of methoxy groups -OCH3 is 1. The summed E-state index contributed by atoms with van der Waals surface area (Å²) in [7, 11) is 1.69. The van der Waals surface area contributed by atoms with Crippen LogP contribution >= 0.6 is 11.8 Å². The van der Waals surface area contributed by atoms with Crippen LogP contribution in [0.15, 0.2) is 47.4 Å². The summed E-state index contributed by atoms with van der Waals surface area (Å²) in [6.07, 6.45) is 0. The van der Waals surface area contributed by atoms with Gasteiger partial charge in [0.05, 0.1) is 7.11 Å². The molecule has 18 heavy (non-hydrogen) atoms. The fourth-order valence-corrected chi connectivity index (χ4v) is 2.60. The van der Waals surface area contributed by atoms with E-state index in [1.54, 1.807) is 18.9 Å². The van der Waals surface area contributed by atoms with Crippen LogP contribution in [0.1, 0.15) is 11.1 Å². The van der Waals surface area contributed by atoms with Crippen LogP contribution in [0.4, 0.5) is 5.69 Å². The van der Waals surface area contributed by atoms with Crippen molar-refractivity contribution < 1.29 is 4.74 Å². The summed E-state index contributed by atoms with van der Waals surface area (Å²) >= 11 is 1.80. The van der Waals surface area contributed by atoms with Crippen molar-refractivity contribution >= 4 is 17.4 Å². The molecule has 0 aliphatic heterocycles. The van der Waals surface area contributed by atoms with Gasteiger partial charge in [-0.15, -0.1) is 11.8 Å². The Morgan fingerprint density at radius 3 is 2.72 bits per heavy atom. The molecule has 0 saturated carbocycles. The molecule has 0 aliphatic rings. The van der Waals surface area contributed by atoms with E-state index in [1.165, 1.54) is 10.5 Å². The lowest BCUT2D eigenvalue weighted by molar-refractivity contribution is 0.414. The normalized spacial score (nSPS) is 10.3. The van der Waals surface area contributed by atoms with E-state index in [0.717, 1.165) is 22.8 Å². The third-order valence-electron chi connectivity index (χ3n) is 2.78. The van der Waals surface area contributed by atoms with Crippen LogP contribution in [0.25, 0.3) is 0 Å². The first kappa shape index (κ1) is 12.8. The molecule has 2 nitrogen and oxygen atoms in total. The smallest absolute Gasteiger partial charge is 0.119 e. The molecule has 2 N–H and O–H groups in total. The Balaban J connectivity index is 2.04. The van der Waals surface area contributed by atoms with E-state index in [0.29, 0.717) is 0 Å². The summed E-state index contributed by atoms with van der Waals surface area (Å²) in [5.74, 6) is 1.84. The van der Waals surface area contributed by atoms with Gasteiger partial charge in [-0.3, -0.25) is 0 Å². The predicted molar refractivity (Wildman–Crippen MR) is 78.1 cm³/mol. The fraction of sp³-hybridized carbons (Fsp3) is 0.200. The zero-order chi connectivity index (χ0) is 13.0. The van der Waals surface area contributed by atoms with Crippen molar-refractivity contribution in [3.63, 3.8) is 0 Å². The third-order valence-corrected chi connectivity index (χ3v) is 3.85. The average molecular weight is 259 g/mol. The van der Waals surface area contributed by atoms with E-state index in [-0.39, 0.29) is 0 Å². The Morgan fingerprint density at radius 1 is 1.17 bits per heavy atom. The Hall–Kier alpha value is -1.61. The van der Waals surface area contributed by atoms with E-state index >= 15 is 0 Å². The maximum absolute atomic E-state index is 5.81. The molecule has 0 aromatic heterocycles. The molecule has 2 aromatic rings. The lowest BCUT2D eigenvalue weighted by atomic mass is 10.2. The van der Waals surface area contributed by atoms with Gasteiger partial charge in [-0.2, -0.15) is 0 Å². The molecule has 0 aliphatic carbocycles. The van der Waals surface area contributed by atoms with E-state index < -0.39 is 0 Å². The molecule has 2 rings (SSSR count). The molecule has 0 atom stereocenters. The number of anilines is 1. The highest BCUT2D eigenvalue weighted by Gasteiger charge is 2.00. The number of rotatable bonds is 4. The summed E-state index contributed by atoms with van der Waals surface area (Å²) in [4.78, 5) is 1.24. The summed E-state index contributed by atoms with van der Waals surface area (Å²) in [5.41, 5.74) is 9.04. The average Bonchev–Trinajstić information content (AvgIpc) is 2.40. The monoisotopic (exact) mass is 259 g/mol. The summed E-state index contributed by atoms with van der Waals surface area (Å²) in [6.45, 7) is 2.03. The van der Waals surface area contributed by atoms with E-state index in [4.69, 9.17) is 10.5 Å². The Kier molecular flexibility index (Phi) is 4.15. The van der Waals surface area contributed by atoms with Gasteiger partial charge in [-0.1, -0.05) is 12.1 Å². The maximum Gasteiger partial charge on any atom is 0.119 e. The molecule has 0 saturated heterocycles. The van der Waals surface area contributed by atoms with Gasteiger partial charge in [0.2, 0.25) is 0 Å². The third kappa shape index (κ3) is 3.20. The minimum Gasteiger partial charge on any atom is -0.497 e. The van der Waals surface area contributed by atoms with Gasteiger partial charge in [-0.05, 0) is 48.4 Å². The van der Waals surface area contributed by atoms with Crippen LogP contribution in [0.2, 0.25) is 0 Å². The lowest BCUT2D eigenvalue weighted by Crippen LogP contribution is -1.89. The first-order chi connectivity index (χ1) is 8.69. The molecule has 94 valence electrons. The van der Waals surface area contributed by atoms with Crippen LogP contribution < -0.4 is 10.5 Å². The molecule has 0 amide bonds. The van der Waals surface area contributed by atoms with Crippen LogP contribution in [0.3, 0.4) is 0 Å². The number of nitrogen functional groups attached to an aromatic ring is 1. The highest BCUT2D eigenvalue weighted by atomic mass is 32.2. The molecule has 2 aromatic carbocycles. The van der Waals surface area contributed by atoms with Crippen molar-refractivity contribution in [3.05, 3.63) is 53.6 Å². The van der Waals surface area contributed by atoms with E-state index in [9.17, 15) is 0 Å². The molecule has 3 heteroatoms. The Labute approximate surface area is 112 Å². The predicted octanol–water partition coefficient (Wildman–Crippen LogP) is 3.88. The van der Waals surface area contributed by atoms with E-state index in [2.05, 4.69) is 24.3 Å². The van der Waals surface area contributed by atoms with Crippen molar-refractivity contribution in [2.75, 3.05) is 12.8 Å². The molecule has 0 spiro atoms. The minimum atomic E-state index is 0.848. The topological polar surface area (TPSA) is 35.2 Å². The SMILES string of the molecule is COc1cccc(CSc2ccc(N)c(C)c2)c1. The van der Waals surface area contributed by atoms with Gasteiger partial charge in [0.25, 0.3) is 0 Å². The highest BCUT2D eigenvalue weighted by molar-refractivity contribution is 7.98. The van der Waals surface area contributed by atoms with Gasteiger partial charge < -0.3 is 10.5 Å². The molecular weight excluding hydrogens is 242 g/mol. The molecule has 0 bridgehead atoms. The Morgan fingerprint density at radius 2 is 2.00 bits per heavy atom. The molecular formula is C15H17NOS. The summed E-state index contributed by atoms with van der Waals surface area (Å²) < 4.78 is 5.22. The van der Waals surface area contributed by atoms with Crippen molar-refractivity contribution in [3.8, 4) is 5.75 Å². The number of hydrogen-bond donors (Lipinski definition) is 1. The number of nitrogens with two attached hydrogens (primary N) is 1. The van der Waals surface area contributed by atoms with Crippen molar-refractivity contribution in [2.24, 2.45) is 0 Å². The molecule has 0 unspecified atom stereocenters. The first-order valence-corrected chi connectivity index (χ1v) is 6.79. The van der Waals surface area contributed by atoms with Gasteiger partial charge in [0.15, 0.2) is 0 Å². The number of hydrogen-bond acceptors (Lipinski definition) is 3. The number of benzene rings is 2. The maximum atomic E-state index is 5.81. The van der Waals surface area contributed by atoms with Crippen LogP contribution in [0, 0.1) is 6.92 Å². The van der Waals surface area contributed by atoms with Gasteiger partial charge >= 0.3 is 0 Å². The second kappa shape index (κ2) is 5.83. The van der Waals surface area contributed by atoms with Crippen molar-refractivity contribution in [1.29, 1.82) is 0 Å². The second-order valence-electron chi connectivity index (χ2n) is 4.16. The zero-order valence-corrected chi connectivity index (χ0v) is 11.5. The minimum absolute atomic E-state index is 0.848. The van der Waals surface area contributed by atoms with Crippen LogP contribution in [0.5, 0.6) is 5.75 Å². The second-order valence-corrected chi connectivity index (χ2v) is 5.21. The molecule has 0 radical (unpaired) electrons. The number of ether oxygens (including phenoxy) is 1. The largest absolute Gasteiger partial charge is 0.497 e. The fourth-order valence-electron chi connectivity index (χ4n) is 1.67. The summed E-state index contributed by atoms with van der Waals surface area (Å²) in [5, 5.41) is 0. The number of aryl methyl sites for hydroxylation is 1. The highest BCUT2D eigenvalue weighted by Crippen LogP contribution is 2.26. The first-order valence-electron chi connectivity index (χ1n) is 5.81. The number of thioether (sulfide) groups is 1. The van der Waals surface area contributed by atoms with Gasteiger partial charge in [0.1, 0.15) is 5.75 Å². The lowest BCUT2D eigenvalue weighted by Gasteiger charge is -2.06. The van der Waals surface area contributed by atoms with Gasteiger partial charge in [-0.25, -0.2) is 0 Å². The Bertz CT molecular complexity index is 540. The van der Waals surface area contributed by atoms with Gasteiger partial charge in [0, 0.05) is 16.3 Å². The zero-order valence-electron chi connectivity index (χ0n) is 10.6. The van der Waals surface area contributed by atoms with Crippen molar-refractivity contribution in [1.82, 2.24) is 0 Å². The molecule has 0 heterocycles. The van der Waals surface area contributed by atoms with Crippen molar-refractivity contribution in [2.45, 2.75) is 17.6 Å². The van der Waals surface area contributed by atoms with Crippen LogP contribution in [-0.4, -0.2) is 7.11 Å². The molecule has 0 fully saturated rings. The summed E-state index contributed by atoms with van der Waals surface area (Å²) in [6, 6.07) is 14.3. The quantitative estimate of drug-likeness (QED) is 0.668. The van der Waals surface area contributed by atoms with Crippen LogP contribution in [-0.2, 0) is 5.75 Å². The van der Waals surface area contributed by atoms with E-state index in [1.807, 2.05) is 25.1 Å².